The number of carbonyl (C=O) groups is 1. The minimum Gasteiger partial charge on any atom is -0.508 e. The molecule has 4 aromatic rings. The predicted octanol–water partition coefficient (Wildman–Crippen LogP) is 6.91. The Balaban J connectivity index is 1.43. The van der Waals surface area contributed by atoms with Crippen LogP contribution in [-0.4, -0.2) is 40.5 Å². The molecule has 0 saturated heterocycles. The number of aliphatic hydroxyl groups is 1. The summed E-state index contributed by atoms with van der Waals surface area (Å²) in [5, 5.41) is 33.5. The van der Waals surface area contributed by atoms with Crippen molar-refractivity contribution in [3.8, 4) is 34.1 Å². The van der Waals surface area contributed by atoms with E-state index in [0.717, 1.165) is 33.6 Å². The Hall–Kier alpha value is -4.04. The van der Waals surface area contributed by atoms with Gasteiger partial charge in [-0.05, 0) is 109 Å². The highest BCUT2D eigenvalue weighted by atomic mass is 35.5. The molecular weight excluding hydrogens is 530 g/mol. The van der Waals surface area contributed by atoms with Crippen molar-refractivity contribution < 1.29 is 29.6 Å². The molecule has 0 heterocycles. The molecular formula is C32H32ClNO6. The summed E-state index contributed by atoms with van der Waals surface area (Å²) in [6, 6.07) is 22.0. The molecule has 2 atom stereocenters. The number of hydrogen-bond donors (Lipinski definition) is 4. The average molecular weight is 562 g/mol. The highest BCUT2D eigenvalue weighted by molar-refractivity contribution is 6.30. The van der Waals surface area contributed by atoms with Gasteiger partial charge in [-0.3, -0.25) is 0 Å². The number of aromatic carboxylic acids is 1. The molecule has 0 unspecified atom stereocenters. The third kappa shape index (κ3) is 7.12. The second-order valence-corrected chi connectivity index (χ2v) is 10.1. The molecule has 0 aliphatic rings. The number of carboxylic acids is 1. The number of aromatic hydroxyl groups is 1. The van der Waals surface area contributed by atoms with Gasteiger partial charge in [0.2, 0.25) is 0 Å². The first-order chi connectivity index (χ1) is 19.1. The molecule has 0 spiro atoms. The van der Waals surface area contributed by atoms with Crippen LogP contribution in [0.2, 0.25) is 5.02 Å². The summed E-state index contributed by atoms with van der Waals surface area (Å²) in [6.45, 7) is 6.75. The van der Waals surface area contributed by atoms with Crippen LogP contribution in [0.4, 0.5) is 0 Å². The molecule has 0 saturated carbocycles. The lowest BCUT2D eigenvalue weighted by molar-refractivity contribution is 0.0694. The monoisotopic (exact) mass is 561 g/mol. The number of phenolic OH excluding ortho intramolecular Hbond substituents is 1. The lowest BCUT2D eigenvalue weighted by Gasteiger charge is -2.21. The van der Waals surface area contributed by atoms with Crippen LogP contribution in [0.25, 0.3) is 11.1 Å². The second kappa shape index (κ2) is 12.9. The van der Waals surface area contributed by atoms with Crippen LogP contribution in [0.5, 0.6) is 23.0 Å². The van der Waals surface area contributed by atoms with E-state index in [1.807, 2.05) is 32.9 Å². The van der Waals surface area contributed by atoms with Gasteiger partial charge in [0.25, 0.3) is 0 Å². The fraction of sp³-hybridized carbons (Fsp3) is 0.219. The van der Waals surface area contributed by atoms with Crippen molar-refractivity contribution >= 4 is 17.6 Å². The highest BCUT2D eigenvalue weighted by Gasteiger charge is 2.17. The third-order valence-corrected chi connectivity index (χ3v) is 6.82. The van der Waals surface area contributed by atoms with E-state index in [1.54, 1.807) is 60.7 Å². The van der Waals surface area contributed by atoms with Crippen molar-refractivity contribution in [3.05, 3.63) is 106 Å². The molecule has 0 aliphatic heterocycles. The maximum absolute atomic E-state index is 11.8. The highest BCUT2D eigenvalue weighted by Crippen LogP contribution is 2.35. The van der Waals surface area contributed by atoms with Crippen molar-refractivity contribution in [1.29, 1.82) is 0 Å². The number of nitrogens with one attached hydrogen (secondary N) is 1. The van der Waals surface area contributed by atoms with Crippen LogP contribution in [0.1, 0.15) is 40.1 Å². The molecule has 0 radical (unpaired) electrons. The van der Waals surface area contributed by atoms with Gasteiger partial charge in [-0.1, -0.05) is 29.8 Å². The summed E-state index contributed by atoms with van der Waals surface area (Å²) in [6.07, 6.45) is -0.718. The van der Waals surface area contributed by atoms with Crippen LogP contribution in [0, 0.1) is 13.8 Å². The maximum Gasteiger partial charge on any atom is 0.339 e. The van der Waals surface area contributed by atoms with Crippen LogP contribution >= 0.6 is 11.6 Å². The van der Waals surface area contributed by atoms with E-state index in [2.05, 4.69) is 5.32 Å². The second-order valence-electron chi connectivity index (χ2n) is 9.64. The number of phenols is 1. The van der Waals surface area contributed by atoms with E-state index in [0.29, 0.717) is 23.9 Å². The predicted molar refractivity (Wildman–Crippen MR) is 156 cm³/mol. The van der Waals surface area contributed by atoms with Crippen LogP contribution < -0.4 is 14.8 Å². The minimum absolute atomic E-state index is 0.0596. The van der Waals surface area contributed by atoms with E-state index in [1.165, 1.54) is 6.07 Å². The Labute approximate surface area is 238 Å². The zero-order chi connectivity index (χ0) is 28.8. The number of halogens is 1. The lowest BCUT2D eigenvalue weighted by Crippen LogP contribution is -2.35. The summed E-state index contributed by atoms with van der Waals surface area (Å²) in [4.78, 5) is 11.8. The van der Waals surface area contributed by atoms with Crippen molar-refractivity contribution in [2.75, 3.05) is 13.2 Å². The minimum atomic E-state index is -1.08. The number of hydrogen-bond acceptors (Lipinski definition) is 6. The Morgan fingerprint density at radius 1 is 0.925 bits per heavy atom. The van der Waals surface area contributed by atoms with Gasteiger partial charge >= 0.3 is 5.97 Å². The first kappa shape index (κ1) is 29.0. The summed E-state index contributed by atoms with van der Waals surface area (Å²) in [7, 11) is 0. The number of benzene rings is 4. The molecule has 0 bridgehead atoms. The molecule has 8 heteroatoms. The molecule has 0 aromatic heterocycles. The molecule has 208 valence electrons. The van der Waals surface area contributed by atoms with Crippen molar-refractivity contribution in [2.24, 2.45) is 0 Å². The molecule has 40 heavy (non-hydrogen) atoms. The zero-order valence-corrected chi connectivity index (χ0v) is 23.3. The number of aliphatic hydroxyl groups excluding tert-OH is 1. The summed E-state index contributed by atoms with van der Waals surface area (Å²) < 4.78 is 12.0. The van der Waals surface area contributed by atoms with Gasteiger partial charge in [-0.15, -0.1) is 0 Å². The van der Waals surface area contributed by atoms with E-state index < -0.39 is 12.1 Å². The maximum atomic E-state index is 11.8. The number of aryl methyl sites for hydroxylation is 2. The van der Waals surface area contributed by atoms with Gasteiger partial charge in [0.15, 0.2) is 0 Å². The molecule has 7 nitrogen and oxygen atoms in total. The quantitative estimate of drug-likeness (QED) is 0.147. The van der Waals surface area contributed by atoms with Gasteiger partial charge in [-0.2, -0.15) is 0 Å². The Morgan fingerprint density at radius 2 is 1.57 bits per heavy atom. The molecule has 4 aromatic carbocycles. The fourth-order valence-electron chi connectivity index (χ4n) is 4.45. The summed E-state index contributed by atoms with van der Waals surface area (Å²) >= 11 is 5.96. The lowest BCUT2D eigenvalue weighted by atomic mass is 9.98. The number of carboxylic acid groups (broad SMARTS) is 1. The van der Waals surface area contributed by atoms with E-state index in [9.17, 15) is 20.1 Å². The first-order valence-electron chi connectivity index (χ1n) is 12.9. The Bertz CT molecular complexity index is 1450. The molecule has 0 amide bonds. The number of rotatable bonds is 11. The molecule has 4 rings (SSSR count). The molecule has 0 fully saturated rings. The SMILES string of the molecule is Cc1cc(-c2ccc(C(=O)O)c(Oc3ccc(Cl)cc3)c2)cc(C)c1OCCN[C@H](C)[C@@H](O)c1ccc(O)cc1. The third-order valence-electron chi connectivity index (χ3n) is 6.57. The van der Waals surface area contributed by atoms with Gasteiger partial charge in [0, 0.05) is 17.6 Å². The Morgan fingerprint density at radius 3 is 2.20 bits per heavy atom. The van der Waals surface area contributed by atoms with Gasteiger partial charge < -0.3 is 30.1 Å². The topological polar surface area (TPSA) is 108 Å². The standard InChI is InChI=1S/C32H32ClNO6/c1-19-16-24(23-6-13-28(32(37)38)29(18-23)40-27-11-7-25(33)8-12-27)17-20(2)31(19)39-15-14-34-21(3)30(36)22-4-9-26(35)10-5-22/h4-13,16-18,21,30,34-36H,14-15H2,1-3H3,(H,37,38)/t21-,30-/m1/s1. The van der Waals surface area contributed by atoms with Crippen molar-refractivity contribution in [3.63, 3.8) is 0 Å². The van der Waals surface area contributed by atoms with Gasteiger partial charge in [0.1, 0.15) is 35.2 Å². The van der Waals surface area contributed by atoms with Crippen molar-refractivity contribution in [1.82, 2.24) is 5.32 Å². The molecule has 4 N–H and O–H groups in total. The van der Waals surface area contributed by atoms with E-state index >= 15 is 0 Å². The zero-order valence-electron chi connectivity index (χ0n) is 22.5. The summed E-state index contributed by atoms with van der Waals surface area (Å²) in [5.74, 6) is 0.573. The summed E-state index contributed by atoms with van der Waals surface area (Å²) in [5.41, 5.74) is 4.38. The first-order valence-corrected chi connectivity index (χ1v) is 13.3. The van der Waals surface area contributed by atoms with Crippen LogP contribution in [0.3, 0.4) is 0 Å². The molecule has 0 aliphatic carbocycles. The van der Waals surface area contributed by atoms with E-state index in [-0.39, 0.29) is 23.1 Å². The normalized spacial score (nSPS) is 12.5. The average Bonchev–Trinajstić information content (AvgIpc) is 2.93. The fourth-order valence-corrected chi connectivity index (χ4v) is 4.57. The van der Waals surface area contributed by atoms with Crippen molar-refractivity contribution in [2.45, 2.75) is 32.9 Å². The Kier molecular flexibility index (Phi) is 9.32. The van der Waals surface area contributed by atoms with Crippen LogP contribution in [0.15, 0.2) is 78.9 Å². The van der Waals surface area contributed by atoms with Gasteiger partial charge in [0.05, 0.1) is 6.10 Å². The largest absolute Gasteiger partial charge is 0.508 e. The van der Waals surface area contributed by atoms with Crippen LogP contribution in [-0.2, 0) is 0 Å². The van der Waals surface area contributed by atoms with E-state index in [4.69, 9.17) is 21.1 Å². The number of ether oxygens (including phenoxy) is 2. The smallest absolute Gasteiger partial charge is 0.339 e. The van der Waals surface area contributed by atoms with Gasteiger partial charge in [-0.25, -0.2) is 4.79 Å².